The molecular weight excluding hydrogens is 224 g/mol. The maximum Gasteiger partial charge on any atom is 0.330 e. The second-order valence-electron chi connectivity index (χ2n) is 3.06. The Morgan fingerprint density at radius 2 is 2.00 bits per heavy atom. The summed E-state index contributed by atoms with van der Waals surface area (Å²) < 4.78 is 15.1. The van der Waals surface area contributed by atoms with Crippen LogP contribution < -0.4 is 0 Å². The first-order chi connectivity index (χ1) is 7.24. The Bertz CT molecular complexity index is 190. The normalized spacial score (nSPS) is 11.2. The van der Waals surface area contributed by atoms with E-state index in [1.807, 2.05) is 0 Å². The fourth-order valence-electron chi connectivity index (χ4n) is 1.10. The summed E-state index contributed by atoms with van der Waals surface area (Å²) in [6.07, 6.45) is 3.98. The van der Waals surface area contributed by atoms with E-state index in [1.165, 1.54) is 6.08 Å². The highest BCUT2D eigenvalue weighted by Gasteiger charge is 2.05. The minimum Gasteiger partial charge on any atom is -0.463 e. The van der Waals surface area contributed by atoms with E-state index >= 15 is 0 Å². The predicted octanol–water partition coefficient (Wildman–Crippen LogP) is 1.11. The Kier molecular flexibility index (Phi) is 13.8. The lowest BCUT2D eigenvalue weighted by atomic mass is 10.5. The van der Waals surface area contributed by atoms with Crippen LogP contribution in [-0.4, -0.2) is 42.2 Å². The van der Waals surface area contributed by atoms with E-state index in [0.29, 0.717) is 6.61 Å². The van der Waals surface area contributed by atoms with Crippen molar-refractivity contribution < 1.29 is 19.0 Å². The molecule has 0 aliphatic carbocycles. The Balaban J connectivity index is 0. The molecule has 0 heterocycles. The SMILES string of the molecule is CC=CC(=O)OCCC[SiH2]C(OC)OC.[CH3]. The summed E-state index contributed by atoms with van der Waals surface area (Å²) in [5.41, 5.74) is 0. The molecule has 0 atom stereocenters. The summed E-state index contributed by atoms with van der Waals surface area (Å²) in [6.45, 7) is 2.27. The summed E-state index contributed by atoms with van der Waals surface area (Å²) in [5.74, 6) is -0.287. The van der Waals surface area contributed by atoms with Crippen molar-refractivity contribution in [3.8, 4) is 0 Å². The van der Waals surface area contributed by atoms with Gasteiger partial charge in [0.2, 0.25) is 0 Å². The van der Waals surface area contributed by atoms with Gasteiger partial charge in [0, 0.05) is 20.3 Å². The molecule has 0 aromatic rings. The van der Waals surface area contributed by atoms with Gasteiger partial charge in [0.25, 0.3) is 0 Å². The average molecular weight is 247 g/mol. The van der Waals surface area contributed by atoms with Gasteiger partial charge < -0.3 is 14.2 Å². The van der Waals surface area contributed by atoms with Crippen molar-refractivity contribution >= 4 is 15.5 Å². The molecule has 0 amide bonds. The third-order valence-electron chi connectivity index (χ3n) is 1.91. The van der Waals surface area contributed by atoms with Crippen molar-refractivity contribution in [1.82, 2.24) is 0 Å². The maximum atomic E-state index is 10.9. The van der Waals surface area contributed by atoms with E-state index in [2.05, 4.69) is 0 Å². The number of carbonyl (C=O) groups excluding carboxylic acids is 1. The lowest BCUT2D eigenvalue weighted by molar-refractivity contribution is -0.137. The number of rotatable bonds is 8. The molecule has 0 N–H and O–H groups in total. The van der Waals surface area contributed by atoms with Gasteiger partial charge in [-0.25, -0.2) is 4.79 Å². The summed E-state index contributed by atoms with van der Waals surface area (Å²) in [4.78, 5) is 10.9. The van der Waals surface area contributed by atoms with Crippen molar-refractivity contribution in [2.45, 2.75) is 25.3 Å². The Labute approximate surface area is 101 Å². The van der Waals surface area contributed by atoms with Crippen molar-refractivity contribution in [2.24, 2.45) is 0 Å². The molecule has 0 aliphatic rings. The van der Waals surface area contributed by atoms with E-state index in [1.54, 1.807) is 27.2 Å². The monoisotopic (exact) mass is 247 g/mol. The average Bonchev–Trinajstić information content (AvgIpc) is 2.24. The highest BCUT2D eigenvalue weighted by Crippen LogP contribution is 1.97. The van der Waals surface area contributed by atoms with Gasteiger partial charge in [0.05, 0.1) is 16.1 Å². The zero-order chi connectivity index (χ0) is 11.5. The van der Waals surface area contributed by atoms with Gasteiger partial charge >= 0.3 is 5.97 Å². The van der Waals surface area contributed by atoms with Crippen molar-refractivity contribution in [3.63, 3.8) is 0 Å². The van der Waals surface area contributed by atoms with Crippen LogP contribution in [0.15, 0.2) is 12.2 Å². The lowest BCUT2D eigenvalue weighted by Gasteiger charge is -2.11. The number of ether oxygens (including phenoxy) is 3. The van der Waals surface area contributed by atoms with Crippen LogP contribution >= 0.6 is 0 Å². The van der Waals surface area contributed by atoms with Crippen LogP contribution in [0.4, 0.5) is 0 Å². The number of allylic oxidation sites excluding steroid dienone is 1. The molecule has 0 saturated carbocycles. The molecule has 0 fully saturated rings. The zero-order valence-electron chi connectivity index (χ0n) is 10.7. The highest BCUT2D eigenvalue weighted by molar-refractivity contribution is 6.36. The van der Waals surface area contributed by atoms with Gasteiger partial charge in [0.15, 0.2) is 0 Å². The third-order valence-corrected chi connectivity index (χ3v) is 3.95. The van der Waals surface area contributed by atoms with E-state index in [4.69, 9.17) is 14.2 Å². The van der Waals surface area contributed by atoms with Gasteiger partial charge in [-0.1, -0.05) is 19.5 Å². The summed E-state index contributed by atoms with van der Waals surface area (Å²) in [6, 6.07) is 1.05. The van der Waals surface area contributed by atoms with Gasteiger partial charge in [-0.3, -0.25) is 0 Å². The molecule has 0 rings (SSSR count). The quantitative estimate of drug-likeness (QED) is 0.212. The van der Waals surface area contributed by atoms with Crippen LogP contribution in [0.2, 0.25) is 6.04 Å². The minimum absolute atomic E-state index is 0. The first-order valence-corrected chi connectivity index (χ1v) is 6.91. The molecule has 4 nitrogen and oxygen atoms in total. The van der Waals surface area contributed by atoms with Gasteiger partial charge in [-0.15, -0.1) is 0 Å². The van der Waals surface area contributed by atoms with E-state index in [-0.39, 0.29) is 28.8 Å². The maximum absolute atomic E-state index is 10.9. The van der Waals surface area contributed by atoms with E-state index in [0.717, 1.165) is 12.5 Å². The van der Waals surface area contributed by atoms with Gasteiger partial charge in [-0.05, 0) is 13.3 Å². The Morgan fingerprint density at radius 1 is 1.38 bits per heavy atom. The van der Waals surface area contributed by atoms with Crippen molar-refractivity contribution in [1.29, 1.82) is 0 Å². The van der Waals surface area contributed by atoms with Crippen LogP contribution in [0.3, 0.4) is 0 Å². The molecule has 1 radical (unpaired) electrons. The lowest BCUT2D eigenvalue weighted by Crippen LogP contribution is -2.21. The van der Waals surface area contributed by atoms with Crippen molar-refractivity contribution in [2.75, 3.05) is 20.8 Å². The van der Waals surface area contributed by atoms with Crippen LogP contribution in [0, 0.1) is 7.43 Å². The standard InChI is InChI=1S/C10H20O4Si.CH3/c1-4-6-9(11)14-7-5-8-15-10(12-2)13-3;/h4,6,10H,5,7-8,15H2,1-3H3;1H3. The van der Waals surface area contributed by atoms with Gasteiger partial charge in [-0.2, -0.15) is 0 Å². The number of carbonyl (C=O) groups is 1. The van der Waals surface area contributed by atoms with Crippen LogP contribution in [0.5, 0.6) is 0 Å². The molecule has 0 aromatic heterocycles. The largest absolute Gasteiger partial charge is 0.463 e. The fraction of sp³-hybridized carbons (Fsp3) is 0.636. The van der Waals surface area contributed by atoms with Gasteiger partial charge in [0.1, 0.15) is 5.91 Å². The second kappa shape index (κ2) is 12.4. The van der Waals surface area contributed by atoms with Crippen molar-refractivity contribution in [3.05, 3.63) is 19.6 Å². The second-order valence-corrected chi connectivity index (χ2v) is 5.02. The minimum atomic E-state index is -0.385. The molecule has 0 aromatic carbocycles. The first-order valence-electron chi connectivity index (χ1n) is 5.09. The molecule has 0 aliphatic heterocycles. The highest BCUT2D eigenvalue weighted by atomic mass is 28.2. The zero-order valence-corrected chi connectivity index (χ0v) is 12.1. The van der Waals surface area contributed by atoms with Crippen LogP contribution in [0.25, 0.3) is 0 Å². The Morgan fingerprint density at radius 3 is 2.50 bits per heavy atom. The third kappa shape index (κ3) is 9.89. The molecule has 0 saturated heterocycles. The molecule has 16 heavy (non-hydrogen) atoms. The van der Waals surface area contributed by atoms with E-state index < -0.39 is 0 Å². The van der Waals surface area contributed by atoms with Crippen LogP contribution in [0.1, 0.15) is 13.3 Å². The molecular formula is C11H23O4Si. The topological polar surface area (TPSA) is 44.8 Å². The fourth-order valence-corrected chi connectivity index (χ4v) is 2.40. The first kappa shape index (κ1) is 17.7. The number of hydrogen-bond acceptors (Lipinski definition) is 4. The molecule has 0 bridgehead atoms. The number of methoxy groups -OCH3 is 2. The summed E-state index contributed by atoms with van der Waals surface area (Å²) in [5, 5.41) is 0. The Hall–Kier alpha value is -0.653. The molecule has 5 heteroatoms. The molecule has 0 unspecified atom stereocenters. The predicted molar refractivity (Wildman–Crippen MR) is 68.0 cm³/mol. The molecule has 95 valence electrons. The summed E-state index contributed by atoms with van der Waals surface area (Å²) in [7, 11) is 2.91. The van der Waals surface area contributed by atoms with E-state index in [9.17, 15) is 4.79 Å². The summed E-state index contributed by atoms with van der Waals surface area (Å²) >= 11 is 0. The smallest absolute Gasteiger partial charge is 0.330 e. The number of hydrogen-bond donors (Lipinski definition) is 0. The molecule has 0 spiro atoms. The van der Waals surface area contributed by atoms with Crippen LogP contribution in [-0.2, 0) is 19.0 Å². The number of esters is 1.